The summed E-state index contributed by atoms with van der Waals surface area (Å²) in [7, 11) is 0. The molecule has 8 heteroatoms. The van der Waals surface area contributed by atoms with Crippen LogP contribution in [-0.4, -0.2) is 20.9 Å². The minimum absolute atomic E-state index is 0.0674. The largest absolute Gasteiger partial charge is 0.346 e. The van der Waals surface area contributed by atoms with E-state index in [4.69, 9.17) is 0 Å². The molecule has 3 aromatic heterocycles. The molecule has 3 heterocycles. The first-order valence-electron chi connectivity index (χ1n) is 8.01. The number of carbonyl (C=O) groups excluding carboxylic acids is 1. The van der Waals surface area contributed by atoms with Gasteiger partial charge in [0.05, 0.1) is 34.1 Å². The number of imidazole rings is 1. The van der Waals surface area contributed by atoms with Gasteiger partial charge in [-0.15, -0.1) is 22.7 Å². The van der Waals surface area contributed by atoms with Gasteiger partial charge in [0, 0.05) is 15.2 Å². The third-order valence-electron chi connectivity index (χ3n) is 3.87. The molecular formula is C18H15BrN4OS2. The molecule has 0 aliphatic rings. The summed E-state index contributed by atoms with van der Waals surface area (Å²) >= 11 is 6.64. The third-order valence-corrected chi connectivity index (χ3v) is 6.62. The number of carbonyl (C=O) groups is 1. The Labute approximate surface area is 166 Å². The number of nitrogens with zero attached hydrogens (tertiary/aromatic N) is 2. The Kier molecular flexibility index (Phi) is 4.88. The first-order valence-corrected chi connectivity index (χ1v) is 10.6. The van der Waals surface area contributed by atoms with Crippen LogP contribution in [0, 0.1) is 0 Å². The number of benzene rings is 1. The molecule has 0 fully saturated rings. The quantitative estimate of drug-likeness (QED) is 0.456. The van der Waals surface area contributed by atoms with Crippen LogP contribution in [0.1, 0.15) is 24.5 Å². The van der Waals surface area contributed by atoms with Crippen LogP contribution in [0.25, 0.3) is 20.9 Å². The normalized spacial score (nSPS) is 12.4. The van der Waals surface area contributed by atoms with E-state index >= 15 is 0 Å². The lowest BCUT2D eigenvalue weighted by Gasteiger charge is -2.10. The molecule has 132 valence electrons. The molecule has 1 atom stereocenters. The molecule has 1 aromatic carbocycles. The molecule has 0 bridgehead atoms. The predicted molar refractivity (Wildman–Crippen MR) is 109 cm³/mol. The molecule has 0 saturated heterocycles. The highest BCUT2D eigenvalue weighted by Crippen LogP contribution is 2.32. The van der Waals surface area contributed by atoms with Gasteiger partial charge in [-0.05, 0) is 41.1 Å². The molecule has 0 radical (unpaired) electrons. The van der Waals surface area contributed by atoms with Gasteiger partial charge in [0.1, 0.15) is 10.8 Å². The van der Waals surface area contributed by atoms with Crippen LogP contribution in [-0.2, 0) is 11.2 Å². The van der Waals surface area contributed by atoms with Crippen molar-refractivity contribution in [1.82, 2.24) is 20.3 Å². The number of hydrogen-bond donors (Lipinski definition) is 2. The number of aromatic nitrogens is 3. The summed E-state index contributed by atoms with van der Waals surface area (Å²) < 4.78 is 1.05. The SMILES string of the molecule is CC(NC(=O)Cc1csc(-c2cc(Br)cs2)n1)c1nc2ccccc2[nH]1. The lowest BCUT2D eigenvalue weighted by Crippen LogP contribution is -2.28. The maximum absolute atomic E-state index is 12.4. The van der Waals surface area contributed by atoms with Gasteiger partial charge in [0.25, 0.3) is 0 Å². The van der Waals surface area contributed by atoms with E-state index in [1.54, 1.807) is 22.7 Å². The molecule has 0 aliphatic heterocycles. The number of thiophene rings is 1. The Balaban J connectivity index is 1.41. The lowest BCUT2D eigenvalue weighted by atomic mass is 10.2. The Morgan fingerprint density at radius 2 is 2.12 bits per heavy atom. The summed E-state index contributed by atoms with van der Waals surface area (Å²) in [5.41, 5.74) is 2.65. The average Bonchev–Trinajstić information content (AvgIpc) is 3.33. The van der Waals surface area contributed by atoms with Gasteiger partial charge < -0.3 is 10.3 Å². The Hall–Kier alpha value is -2.03. The summed E-state index contributed by atoms with van der Waals surface area (Å²) in [6.45, 7) is 1.92. The average molecular weight is 447 g/mol. The highest BCUT2D eigenvalue weighted by Gasteiger charge is 2.15. The number of nitrogens with one attached hydrogen (secondary N) is 2. The van der Waals surface area contributed by atoms with Crippen LogP contribution < -0.4 is 5.32 Å². The van der Waals surface area contributed by atoms with Gasteiger partial charge in [-0.3, -0.25) is 4.79 Å². The number of rotatable bonds is 5. The minimum atomic E-state index is -0.193. The molecule has 0 aliphatic carbocycles. The number of aromatic amines is 1. The van der Waals surface area contributed by atoms with Gasteiger partial charge in [-0.25, -0.2) is 9.97 Å². The second-order valence-electron chi connectivity index (χ2n) is 5.88. The van der Waals surface area contributed by atoms with Crippen LogP contribution in [0.5, 0.6) is 0 Å². The zero-order valence-electron chi connectivity index (χ0n) is 13.8. The second kappa shape index (κ2) is 7.30. The maximum atomic E-state index is 12.4. The molecule has 1 unspecified atom stereocenters. The molecule has 26 heavy (non-hydrogen) atoms. The van der Waals surface area contributed by atoms with Crippen LogP contribution in [0.15, 0.2) is 45.6 Å². The lowest BCUT2D eigenvalue weighted by molar-refractivity contribution is -0.121. The summed E-state index contributed by atoms with van der Waals surface area (Å²) in [4.78, 5) is 25.8. The topological polar surface area (TPSA) is 70.7 Å². The molecule has 0 saturated carbocycles. The van der Waals surface area contributed by atoms with Gasteiger partial charge >= 0.3 is 0 Å². The number of para-hydroxylation sites is 2. The monoisotopic (exact) mass is 446 g/mol. The Morgan fingerprint density at radius 3 is 2.88 bits per heavy atom. The minimum Gasteiger partial charge on any atom is -0.346 e. The van der Waals surface area contributed by atoms with Crippen molar-refractivity contribution >= 4 is 55.5 Å². The number of H-pyrrole nitrogens is 1. The number of hydrogen-bond acceptors (Lipinski definition) is 5. The van der Waals surface area contributed by atoms with Gasteiger partial charge in [-0.1, -0.05) is 12.1 Å². The van der Waals surface area contributed by atoms with E-state index in [1.807, 2.05) is 48.0 Å². The zero-order valence-corrected chi connectivity index (χ0v) is 17.0. The van der Waals surface area contributed by atoms with E-state index in [-0.39, 0.29) is 18.4 Å². The fraction of sp³-hybridized carbons (Fsp3) is 0.167. The highest BCUT2D eigenvalue weighted by molar-refractivity contribution is 9.10. The van der Waals surface area contributed by atoms with Crippen LogP contribution in [0.2, 0.25) is 0 Å². The van der Waals surface area contributed by atoms with E-state index < -0.39 is 0 Å². The van der Waals surface area contributed by atoms with E-state index in [1.165, 1.54) is 0 Å². The van der Waals surface area contributed by atoms with Gasteiger partial charge in [0.2, 0.25) is 5.91 Å². The molecule has 4 aromatic rings. The van der Waals surface area contributed by atoms with Gasteiger partial charge in [0.15, 0.2) is 0 Å². The molecule has 2 N–H and O–H groups in total. The molecule has 1 amide bonds. The van der Waals surface area contributed by atoms with Crippen molar-refractivity contribution in [1.29, 1.82) is 0 Å². The van der Waals surface area contributed by atoms with Crippen LogP contribution >= 0.6 is 38.6 Å². The van der Waals surface area contributed by atoms with Crippen molar-refractivity contribution in [2.24, 2.45) is 0 Å². The van der Waals surface area contributed by atoms with Crippen molar-refractivity contribution in [2.45, 2.75) is 19.4 Å². The smallest absolute Gasteiger partial charge is 0.226 e. The van der Waals surface area contributed by atoms with Crippen molar-refractivity contribution in [3.63, 3.8) is 0 Å². The van der Waals surface area contributed by atoms with Crippen molar-refractivity contribution in [3.8, 4) is 9.88 Å². The van der Waals surface area contributed by atoms with Crippen LogP contribution in [0.4, 0.5) is 0 Å². The fourth-order valence-electron chi connectivity index (χ4n) is 2.63. The summed E-state index contributed by atoms with van der Waals surface area (Å²) in [6.07, 6.45) is 0.258. The van der Waals surface area contributed by atoms with Crippen molar-refractivity contribution in [3.05, 3.63) is 57.1 Å². The first kappa shape index (κ1) is 17.4. The van der Waals surface area contributed by atoms with E-state index in [9.17, 15) is 4.79 Å². The number of amides is 1. The Bertz CT molecular complexity index is 1030. The maximum Gasteiger partial charge on any atom is 0.226 e. The predicted octanol–water partition coefficient (Wildman–Crippen LogP) is 4.93. The summed E-state index contributed by atoms with van der Waals surface area (Å²) in [5.74, 6) is 0.684. The van der Waals surface area contributed by atoms with Gasteiger partial charge in [-0.2, -0.15) is 0 Å². The molecule has 4 rings (SSSR count). The molecular weight excluding hydrogens is 432 g/mol. The Morgan fingerprint density at radius 1 is 1.27 bits per heavy atom. The number of fused-ring (bicyclic) bond motifs is 1. The molecule has 0 spiro atoms. The standard InChI is InChI=1S/C18H15BrN4OS2/c1-10(17-22-13-4-2-3-5-14(13)23-17)20-16(24)7-12-9-26-18(21-12)15-6-11(19)8-25-15/h2-6,8-10H,7H2,1H3,(H,20,24)(H,22,23). The van der Waals surface area contributed by atoms with Crippen molar-refractivity contribution < 1.29 is 4.79 Å². The third kappa shape index (κ3) is 3.72. The second-order valence-corrected chi connectivity index (χ2v) is 8.56. The summed E-state index contributed by atoms with van der Waals surface area (Å²) in [6, 6.07) is 9.67. The highest BCUT2D eigenvalue weighted by atomic mass is 79.9. The van der Waals surface area contributed by atoms with E-state index in [0.29, 0.717) is 0 Å². The molecule has 5 nitrogen and oxygen atoms in total. The number of thiazole rings is 1. The van der Waals surface area contributed by atoms with E-state index in [2.05, 4.69) is 36.2 Å². The fourth-order valence-corrected chi connectivity index (χ4v) is 4.96. The van der Waals surface area contributed by atoms with Crippen LogP contribution in [0.3, 0.4) is 0 Å². The first-order chi connectivity index (χ1) is 12.6. The van der Waals surface area contributed by atoms with Crippen molar-refractivity contribution in [2.75, 3.05) is 0 Å². The van der Waals surface area contributed by atoms with E-state index in [0.717, 1.165) is 36.9 Å². The summed E-state index contributed by atoms with van der Waals surface area (Å²) in [5, 5.41) is 7.89. The zero-order chi connectivity index (χ0) is 18.1. The number of halogens is 1.